The predicted octanol–water partition coefficient (Wildman–Crippen LogP) is 4.58. The molecule has 2 heterocycles. The SMILES string of the molecule is Cc1ccc(C2CC(=O)CC(CO)O2)cc1Cc1cc2ccccc2s1. The van der Waals surface area contributed by atoms with Crippen molar-refractivity contribution in [3.63, 3.8) is 0 Å². The van der Waals surface area contributed by atoms with Crippen LogP contribution in [0.3, 0.4) is 0 Å². The molecule has 2 atom stereocenters. The topological polar surface area (TPSA) is 46.5 Å². The Labute approximate surface area is 157 Å². The van der Waals surface area contributed by atoms with Gasteiger partial charge in [0.2, 0.25) is 0 Å². The van der Waals surface area contributed by atoms with Gasteiger partial charge in [0.15, 0.2) is 0 Å². The number of rotatable bonds is 4. The lowest BCUT2D eigenvalue weighted by molar-refractivity contribution is -0.139. The third-order valence-electron chi connectivity index (χ3n) is 5.01. The molecule has 0 saturated carbocycles. The van der Waals surface area contributed by atoms with E-state index in [0.29, 0.717) is 12.8 Å². The summed E-state index contributed by atoms with van der Waals surface area (Å²) >= 11 is 1.83. The summed E-state index contributed by atoms with van der Waals surface area (Å²) < 4.78 is 7.23. The van der Waals surface area contributed by atoms with Gasteiger partial charge < -0.3 is 9.84 Å². The molecule has 1 aromatic heterocycles. The second-order valence-corrected chi connectivity index (χ2v) is 8.16. The monoisotopic (exact) mass is 366 g/mol. The van der Waals surface area contributed by atoms with E-state index in [1.54, 1.807) is 0 Å². The van der Waals surface area contributed by atoms with Crippen LogP contribution in [0.4, 0.5) is 0 Å². The van der Waals surface area contributed by atoms with Crippen LogP contribution in [0.15, 0.2) is 48.5 Å². The molecule has 0 spiro atoms. The number of carbonyl (C=O) groups is 1. The normalized spacial score (nSPS) is 20.6. The molecule has 0 amide bonds. The number of ether oxygens (including phenoxy) is 1. The Morgan fingerprint density at radius 2 is 2.00 bits per heavy atom. The molecule has 1 aliphatic rings. The van der Waals surface area contributed by atoms with Gasteiger partial charge in [-0.05, 0) is 41.1 Å². The molecule has 3 aromatic rings. The van der Waals surface area contributed by atoms with E-state index < -0.39 is 0 Å². The van der Waals surface area contributed by atoms with Crippen molar-refractivity contribution in [2.75, 3.05) is 6.61 Å². The first-order valence-corrected chi connectivity index (χ1v) is 9.79. The number of aliphatic hydroxyl groups excluding tert-OH is 1. The molecule has 1 fully saturated rings. The van der Waals surface area contributed by atoms with Crippen LogP contribution in [0.5, 0.6) is 0 Å². The fourth-order valence-electron chi connectivity index (χ4n) is 3.57. The summed E-state index contributed by atoms with van der Waals surface area (Å²) in [4.78, 5) is 13.3. The second-order valence-electron chi connectivity index (χ2n) is 6.99. The Kier molecular flexibility index (Phi) is 4.90. The first kappa shape index (κ1) is 17.4. The molecule has 2 aromatic carbocycles. The van der Waals surface area contributed by atoms with Crippen molar-refractivity contribution in [3.8, 4) is 0 Å². The average Bonchev–Trinajstić information content (AvgIpc) is 3.05. The van der Waals surface area contributed by atoms with Gasteiger partial charge in [0.25, 0.3) is 0 Å². The molecule has 1 aliphatic heterocycles. The quantitative estimate of drug-likeness (QED) is 0.735. The van der Waals surface area contributed by atoms with E-state index in [0.717, 1.165) is 12.0 Å². The van der Waals surface area contributed by atoms with Crippen molar-refractivity contribution in [2.24, 2.45) is 0 Å². The van der Waals surface area contributed by atoms with Crippen molar-refractivity contribution in [1.82, 2.24) is 0 Å². The zero-order valence-corrected chi connectivity index (χ0v) is 15.6. The Hall–Kier alpha value is -2.01. The highest BCUT2D eigenvalue weighted by Gasteiger charge is 2.28. The van der Waals surface area contributed by atoms with Crippen LogP contribution in [0, 0.1) is 6.92 Å². The fraction of sp³-hybridized carbons (Fsp3) is 0.318. The summed E-state index contributed by atoms with van der Waals surface area (Å²) in [5.41, 5.74) is 3.53. The number of hydrogen-bond acceptors (Lipinski definition) is 4. The van der Waals surface area contributed by atoms with E-state index in [1.165, 1.54) is 26.1 Å². The van der Waals surface area contributed by atoms with Gasteiger partial charge in [0.05, 0.1) is 18.8 Å². The Morgan fingerprint density at radius 1 is 1.15 bits per heavy atom. The van der Waals surface area contributed by atoms with Crippen molar-refractivity contribution in [2.45, 2.75) is 38.4 Å². The summed E-state index contributed by atoms with van der Waals surface area (Å²) in [6.45, 7) is 2.01. The van der Waals surface area contributed by atoms with Crippen molar-refractivity contribution in [1.29, 1.82) is 0 Å². The molecule has 0 aliphatic carbocycles. The summed E-state index contributed by atoms with van der Waals surface area (Å²) in [6, 6.07) is 17.0. The van der Waals surface area contributed by atoms with Crippen molar-refractivity contribution >= 4 is 27.2 Å². The van der Waals surface area contributed by atoms with Gasteiger partial charge in [-0.1, -0.05) is 36.4 Å². The smallest absolute Gasteiger partial charge is 0.138 e. The summed E-state index contributed by atoms with van der Waals surface area (Å²) in [6.07, 6.45) is 0.946. The first-order valence-electron chi connectivity index (χ1n) is 8.97. The number of carbonyl (C=O) groups excluding carboxylic acids is 1. The highest BCUT2D eigenvalue weighted by molar-refractivity contribution is 7.19. The van der Waals surface area contributed by atoms with E-state index in [9.17, 15) is 9.90 Å². The molecule has 134 valence electrons. The van der Waals surface area contributed by atoms with Gasteiger partial charge in [0, 0.05) is 28.8 Å². The molecule has 4 rings (SSSR count). The number of benzene rings is 2. The minimum absolute atomic E-state index is 0.108. The summed E-state index contributed by atoms with van der Waals surface area (Å²) in [7, 11) is 0. The molecule has 1 N–H and O–H groups in total. The van der Waals surface area contributed by atoms with E-state index in [1.807, 2.05) is 17.4 Å². The molecular formula is C22H22O3S. The zero-order valence-electron chi connectivity index (χ0n) is 14.8. The van der Waals surface area contributed by atoms with Gasteiger partial charge >= 0.3 is 0 Å². The van der Waals surface area contributed by atoms with Crippen LogP contribution < -0.4 is 0 Å². The molecule has 26 heavy (non-hydrogen) atoms. The fourth-order valence-corrected chi connectivity index (χ4v) is 4.66. The largest absolute Gasteiger partial charge is 0.394 e. The molecule has 1 saturated heterocycles. The minimum Gasteiger partial charge on any atom is -0.394 e. The molecule has 2 unspecified atom stereocenters. The lowest BCUT2D eigenvalue weighted by Crippen LogP contribution is -2.30. The maximum Gasteiger partial charge on any atom is 0.138 e. The molecular weight excluding hydrogens is 344 g/mol. The van der Waals surface area contributed by atoms with E-state index in [-0.39, 0.29) is 24.6 Å². The van der Waals surface area contributed by atoms with Gasteiger partial charge in [0.1, 0.15) is 5.78 Å². The van der Waals surface area contributed by atoms with Gasteiger partial charge in [-0.3, -0.25) is 4.79 Å². The Bertz CT molecular complexity index is 910. The Balaban J connectivity index is 1.60. The van der Waals surface area contributed by atoms with Crippen LogP contribution in [0.25, 0.3) is 10.1 Å². The van der Waals surface area contributed by atoms with Gasteiger partial charge in [-0.25, -0.2) is 0 Å². The number of Topliss-reactive ketones (excluding diaryl/α,β-unsaturated/α-hetero) is 1. The zero-order chi connectivity index (χ0) is 18.1. The molecule has 3 nitrogen and oxygen atoms in total. The van der Waals surface area contributed by atoms with Crippen LogP contribution in [0.2, 0.25) is 0 Å². The molecule has 0 radical (unpaired) electrons. The van der Waals surface area contributed by atoms with Crippen molar-refractivity contribution < 1.29 is 14.6 Å². The lowest BCUT2D eigenvalue weighted by atomic mass is 9.94. The standard InChI is InChI=1S/C22H22O3S/c1-14-6-7-15(21-12-18(24)11-19(13-23)25-21)8-17(14)10-20-9-16-4-2-3-5-22(16)26-20/h2-9,19,21,23H,10-13H2,1H3. The van der Waals surface area contributed by atoms with Crippen LogP contribution in [-0.2, 0) is 16.0 Å². The summed E-state index contributed by atoms with van der Waals surface area (Å²) in [5.74, 6) is 0.159. The number of ketones is 1. The highest BCUT2D eigenvalue weighted by Crippen LogP contribution is 2.32. The number of fused-ring (bicyclic) bond motifs is 1. The van der Waals surface area contributed by atoms with E-state index in [2.05, 4.69) is 49.4 Å². The maximum absolute atomic E-state index is 12.0. The van der Waals surface area contributed by atoms with Crippen LogP contribution >= 0.6 is 11.3 Å². The highest BCUT2D eigenvalue weighted by atomic mass is 32.1. The van der Waals surface area contributed by atoms with Crippen LogP contribution in [-0.4, -0.2) is 23.6 Å². The van der Waals surface area contributed by atoms with E-state index >= 15 is 0 Å². The lowest BCUT2D eigenvalue weighted by Gasteiger charge is -2.28. The van der Waals surface area contributed by atoms with Crippen molar-refractivity contribution in [3.05, 3.63) is 70.1 Å². The summed E-state index contributed by atoms with van der Waals surface area (Å²) in [5, 5.41) is 10.6. The van der Waals surface area contributed by atoms with Crippen LogP contribution in [0.1, 0.15) is 40.5 Å². The van der Waals surface area contributed by atoms with Gasteiger partial charge in [-0.15, -0.1) is 11.3 Å². The maximum atomic E-state index is 12.0. The Morgan fingerprint density at radius 3 is 2.81 bits per heavy atom. The first-order chi connectivity index (χ1) is 12.6. The number of hydrogen-bond donors (Lipinski definition) is 1. The third-order valence-corrected chi connectivity index (χ3v) is 6.13. The third kappa shape index (κ3) is 3.58. The van der Waals surface area contributed by atoms with Gasteiger partial charge in [-0.2, -0.15) is 0 Å². The molecule has 4 heteroatoms. The number of aliphatic hydroxyl groups is 1. The predicted molar refractivity (Wildman–Crippen MR) is 105 cm³/mol. The minimum atomic E-state index is -0.381. The second kappa shape index (κ2) is 7.31. The van der Waals surface area contributed by atoms with E-state index in [4.69, 9.17) is 4.74 Å². The average molecular weight is 366 g/mol. The molecule has 0 bridgehead atoms. The number of thiophene rings is 1. The number of aryl methyl sites for hydroxylation is 1.